The Labute approximate surface area is 143 Å². The Bertz CT molecular complexity index is 829. The van der Waals surface area contributed by atoms with Crippen molar-refractivity contribution in [2.24, 2.45) is 0 Å². The minimum Gasteiger partial charge on any atom is -0.508 e. The number of aryl methyl sites for hydroxylation is 1. The molecule has 3 rings (SSSR count). The van der Waals surface area contributed by atoms with Gasteiger partial charge in [0.15, 0.2) is 0 Å². The van der Waals surface area contributed by atoms with Gasteiger partial charge in [0.2, 0.25) is 0 Å². The van der Waals surface area contributed by atoms with Crippen LogP contribution in [0.5, 0.6) is 11.5 Å². The van der Waals surface area contributed by atoms with Crippen molar-refractivity contribution in [2.45, 2.75) is 13.5 Å². The van der Waals surface area contributed by atoms with E-state index in [9.17, 15) is 5.11 Å². The molecule has 0 fully saturated rings. The number of hydrogen-bond donors (Lipinski definition) is 1. The number of ether oxygens (including phenoxy) is 1. The van der Waals surface area contributed by atoms with E-state index >= 15 is 0 Å². The Hall–Kier alpha value is -2.52. The van der Waals surface area contributed by atoms with E-state index in [0.29, 0.717) is 18.9 Å². The minimum atomic E-state index is 0.347. The Morgan fingerprint density at radius 3 is 2.67 bits per heavy atom. The molecule has 0 radical (unpaired) electrons. The molecule has 0 amide bonds. The zero-order valence-electron chi connectivity index (χ0n) is 14.2. The fraction of sp³-hybridized carbons (Fsp3) is 0.238. The summed E-state index contributed by atoms with van der Waals surface area (Å²) in [5, 5.41) is 12.5. The van der Waals surface area contributed by atoms with Gasteiger partial charge in [0, 0.05) is 18.7 Å². The molecule has 0 aliphatic carbocycles. The summed E-state index contributed by atoms with van der Waals surface area (Å²) < 4.78 is 5.81. The van der Waals surface area contributed by atoms with Crippen molar-refractivity contribution in [3.63, 3.8) is 0 Å². The third-order valence-corrected chi connectivity index (χ3v) is 4.18. The molecule has 3 nitrogen and oxygen atoms in total. The van der Waals surface area contributed by atoms with E-state index in [1.54, 1.807) is 6.07 Å². The first kappa shape index (κ1) is 16.3. The Morgan fingerprint density at radius 2 is 1.83 bits per heavy atom. The third-order valence-electron chi connectivity index (χ3n) is 4.18. The fourth-order valence-corrected chi connectivity index (χ4v) is 2.86. The van der Waals surface area contributed by atoms with E-state index < -0.39 is 0 Å². The molecule has 3 heteroatoms. The highest BCUT2D eigenvalue weighted by Crippen LogP contribution is 2.28. The molecule has 0 unspecified atom stereocenters. The second-order valence-corrected chi connectivity index (χ2v) is 6.19. The summed E-state index contributed by atoms with van der Waals surface area (Å²) in [5.74, 6) is 1.25. The summed E-state index contributed by atoms with van der Waals surface area (Å²) in [4.78, 5) is 2.16. The van der Waals surface area contributed by atoms with Gasteiger partial charge in [0.05, 0.1) is 0 Å². The van der Waals surface area contributed by atoms with E-state index in [0.717, 1.165) is 28.6 Å². The maximum Gasteiger partial charge on any atom is 0.120 e. The predicted octanol–water partition coefficient (Wildman–Crippen LogP) is 4.36. The Kier molecular flexibility index (Phi) is 5.02. The van der Waals surface area contributed by atoms with Gasteiger partial charge in [-0.2, -0.15) is 0 Å². The SMILES string of the molecule is Cc1cccc(OCCN(C)Cc2c(O)ccc3ccccc23)c1. The summed E-state index contributed by atoms with van der Waals surface area (Å²) in [6, 6.07) is 19.9. The number of hydrogen-bond acceptors (Lipinski definition) is 3. The molecule has 3 aromatic rings. The predicted molar refractivity (Wildman–Crippen MR) is 98.6 cm³/mol. The maximum absolute atomic E-state index is 10.2. The van der Waals surface area contributed by atoms with Crippen LogP contribution in [0.25, 0.3) is 10.8 Å². The van der Waals surface area contributed by atoms with Gasteiger partial charge in [-0.3, -0.25) is 4.90 Å². The van der Waals surface area contributed by atoms with Crippen molar-refractivity contribution in [2.75, 3.05) is 20.2 Å². The summed E-state index contributed by atoms with van der Waals surface area (Å²) >= 11 is 0. The van der Waals surface area contributed by atoms with Crippen LogP contribution in [0.2, 0.25) is 0 Å². The number of aromatic hydroxyl groups is 1. The summed E-state index contributed by atoms with van der Waals surface area (Å²) in [7, 11) is 2.04. The highest BCUT2D eigenvalue weighted by atomic mass is 16.5. The lowest BCUT2D eigenvalue weighted by Crippen LogP contribution is -2.24. The lowest BCUT2D eigenvalue weighted by atomic mass is 10.0. The number of nitrogens with zero attached hydrogens (tertiary/aromatic N) is 1. The average molecular weight is 321 g/mol. The van der Waals surface area contributed by atoms with Crippen molar-refractivity contribution in [1.29, 1.82) is 0 Å². The van der Waals surface area contributed by atoms with Gasteiger partial charge in [-0.1, -0.05) is 42.5 Å². The largest absolute Gasteiger partial charge is 0.508 e. The van der Waals surface area contributed by atoms with Crippen molar-refractivity contribution < 1.29 is 9.84 Å². The molecule has 0 saturated heterocycles. The molecule has 124 valence electrons. The van der Waals surface area contributed by atoms with Gasteiger partial charge in [0.25, 0.3) is 0 Å². The first-order valence-corrected chi connectivity index (χ1v) is 8.21. The molecule has 0 heterocycles. The molecule has 0 aromatic heterocycles. The van der Waals surface area contributed by atoms with Crippen molar-refractivity contribution in [3.05, 3.63) is 71.8 Å². The quantitative estimate of drug-likeness (QED) is 0.732. The Balaban J connectivity index is 1.63. The van der Waals surface area contributed by atoms with Crippen LogP contribution in [0.4, 0.5) is 0 Å². The van der Waals surface area contributed by atoms with E-state index in [1.807, 2.05) is 43.4 Å². The first-order chi connectivity index (χ1) is 11.6. The van der Waals surface area contributed by atoms with Gasteiger partial charge >= 0.3 is 0 Å². The number of fused-ring (bicyclic) bond motifs is 1. The molecule has 1 N–H and O–H groups in total. The van der Waals surface area contributed by atoms with Crippen LogP contribution in [-0.4, -0.2) is 30.2 Å². The van der Waals surface area contributed by atoms with Crippen LogP contribution in [0.1, 0.15) is 11.1 Å². The second-order valence-electron chi connectivity index (χ2n) is 6.19. The number of likely N-dealkylation sites (N-methyl/N-ethyl adjacent to an activating group) is 1. The molecule has 0 saturated carbocycles. The smallest absolute Gasteiger partial charge is 0.120 e. The van der Waals surface area contributed by atoms with Crippen LogP contribution in [-0.2, 0) is 6.54 Å². The zero-order chi connectivity index (χ0) is 16.9. The zero-order valence-corrected chi connectivity index (χ0v) is 14.2. The Morgan fingerprint density at radius 1 is 1.00 bits per heavy atom. The summed E-state index contributed by atoms with van der Waals surface area (Å²) in [5.41, 5.74) is 2.16. The van der Waals surface area contributed by atoms with Gasteiger partial charge in [0.1, 0.15) is 18.1 Å². The number of benzene rings is 3. The summed E-state index contributed by atoms with van der Waals surface area (Å²) in [6.07, 6.45) is 0. The van der Waals surface area contributed by atoms with Crippen LogP contribution in [0.3, 0.4) is 0 Å². The normalized spacial score (nSPS) is 11.1. The van der Waals surface area contributed by atoms with Crippen LogP contribution >= 0.6 is 0 Å². The average Bonchev–Trinajstić information content (AvgIpc) is 2.58. The van der Waals surface area contributed by atoms with Crippen molar-refractivity contribution in [1.82, 2.24) is 4.90 Å². The number of phenols is 1. The highest BCUT2D eigenvalue weighted by Gasteiger charge is 2.09. The standard InChI is InChI=1S/C21H23NO2/c1-16-6-5-8-18(14-16)24-13-12-22(2)15-20-19-9-4-3-7-17(19)10-11-21(20)23/h3-11,14,23H,12-13,15H2,1-2H3. The van der Waals surface area contributed by atoms with E-state index in [4.69, 9.17) is 4.74 Å². The topological polar surface area (TPSA) is 32.7 Å². The van der Waals surface area contributed by atoms with Crippen LogP contribution in [0.15, 0.2) is 60.7 Å². The molecular formula is C21H23NO2. The molecule has 0 aliphatic rings. The molecular weight excluding hydrogens is 298 g/mol. The molecule has 0 bridgehead atoms. The second kappa shape index (κ2) is 7.37. The van der Waals surface area contributed by atoms with Crippen molar-refractivity contribution in [3.8, 4) is 11.5 Å². The highest BCUT2D eigenvalue weighted by molar-refractivity contribution is 5.87. The minimum absolute atomic E-state index is 0.347. The monoisotopic (exact) mass is 321 g/mol. The van der Waals surface area contributed by atoms with E-state index in [2.05, 4.69) is 30.0 Å². The van der Waals surface area contributed by atoms with E-state index in [1.165, 1.54) is 5.56 Å². The van der Waals surface area contributed by atoms with Gasteiger partial charge in [-0.05, 0) is 48.5 Å². The van der Waals surface area contributed by atoms with Crippen LogP contribution in [0, 0.1) is 6.92 Å². The molecule has 3 aromatic carbocycles. The van der Waals surface area contributed by atoms with E-state index in [-0.39, 0.29) is 0 Å². The first-order valence-electron chi connectivity index (χ1n) is 8.21. The molecule has 24 heavy (non-hydrogen) atoms. The number of rotatable bonds is 6. The lowest BCUT2D eigenvalue weighted by Gasteiger charge is -2.19. The molecule has 0 aliphatic heterocycles. The fourth-order valence-electron chi connectivity index (χ4n) is 2.86. The molecule has 0 atom stereocenters. The maximum atomic E-state index is 10.2. The van der Waals surface area contributed by atoms with Gasteiger partial charge < -0.3 is 9.84 Å². The van der Waals surface area contributed by atoms with Gasteiger partial charge in [-0.25, -0.2) is 0 Å². The van der Waals surface area contributed by atoms with Crippen LogP contribution < -0.4 is 4.74 Å². The number of phenolic OH excluding ortho intramolecular Hbond substituents is 1. The third kappa shape index (κ3) is 3.87. The van der Waals surface area contributed by atoms with Gasteiger partial charge in [-0.15, -0.1) is 0 Å². The molecule has 0 spiro atoms. The lowest BCUT2D eigenvalue weighted by molar-refractivity contribution is 0.231. The summed E-state index contributed by atoms with van der Waals surface area (Å²) in [6.45, 7) is 4.15. The van der Waals surface area contributed by atoms with Crippen molar-refractivity contribution >= 4 is 10.8 Å².